The molecule has 6 nitrogen and oxygen atoms in total. The van der Waals surface area contributed by atoms with Crippen LogP contribution in [-0.2, 0) is 11.3 Å². The highest BCUT2D eigenvalue weighted by Crippen LogP contribution is 2.15. The van der Waals surface area contributed by atoms with E-state index in [-0.39, 0.29) is 11.6 Å². The molecule has 0 aliphatic rings. The number of carbonyl (C=O) groups is 1. The standard InChI is InChI=1S/C17H19N3O3/c1-19(13-14-5-3-2-4-6-14)12-11-17(21)18-15-7-9-16(10-8-15)20(22)23/h2-10H,11-13H2,1H3,(H,18,21). The lowest BCUT2D eigenvalue weighted by atomic mass is 10.2. The van der Waals surface area contributed by atoms with E-state index in [1.54, 1.807) is 0 Å². The second kappa shape index (κ2) is 8.05. The maximum atomic E-state index is 11.9. The Morgan fingerprint density at radius 2 is 1.78 bits per heavy atom. The van der Waals surface area contributed by atoms with Gasteiger partial charge in [-0.05, 0) is 24.7 Å². The van der Waals surface area contributed by atoms with Gasteiger partial charge in [0.2, 0.25) is 5.91 Å². The summed E-state index contributed by atoms with van der Waals surface area (Å²) < 4.78 is 0. The van der Waals surface area contributed by atoms with Crippen LogP contribution >= 0.6 is 0 Å². The Balaban J connectivity index is 1.77. The van der Waals surface area contributed by atoms with Gasteiger partial charge in [0.1, 0.15) is 0 Å². The molecule has 0 radical (unpaired) electrons. The molecule has 1 amide bonds. The van der Waals surface area contributed by atoms with Gasteiger partial charge >= 0.3 is 0 Å². The molecule has 2 rings (SSSR count). The zero-order valence-corrected chi connectivity index (χ0v) is 12.9. The van der Waals surface area contributed by atoms with Gasteiger partial charge in [-0.25, -0.2) is 0 Å². The van der Waals surface area contributed by atoms with Crippen LogP contribution in [0.15, 0.2) is 54.6 Å². The van der Waals surface area contributed by atoms with E-state index in [2.05, 4.69) is 10.2 Å². The molecule has 0 heterocycles. The van der Waals surface area contributed by atoms with E-state index in [1.807, 2.05) is 37.4 Å². The van der Waals surface area contributed by atoms with Crippen molar-refractivity contribution in [2.75, 3.05) is 18.9 Å². The first-order valence-corrected chi connectivity index (χ1v) is 7.31. The molecule has 23 heavy (non-hydrogen) atoms. The fourth-order valence-corrected chi connectivity index (χ4v) is 2.16. The monoisotopic (exact) mass is 313 g/mol. The van der Waals surface area contributed by atoms with Gasteiger partial charge in [-0.1, -0.05) is 30.3 Å². The quantitative estimate of drug-likeness (QED) is 0.629. The Labute approximate surface area is 134 Å². The van der Waals surface area contributed by atoms with Crippen molar-refractivity contribution in [1.29, 1.82) is 0 Å². The molecule has 0 fully saturated rings. The van der Waals surface area contributed by atoms with Crippen molar-refractivity contribution in [3.63, 3.8) is 0 Å². The number of hydrogen-bond acceptors (Lipinski definition) is 4. The molecule has 0 saturated heterocycles. The van der Waals surface area contributed by atoms with Gasteiger partial charge in [0.15, 0.2) is 0 Å². The third-order valence-electron chi connectivity index (χ3n) is 3.38. The lowest BCUT2D eigenvalue weighted by molar-refractivity contribution is -0.384. The molecule has 0 unspecified atom stereocenters. The zero-order chi connectivity index (χ0) is 16.7. The van der Waals surface area contributed by atoms with Crippen molar-refractivity contribution >= 4 is 17.3 Å². The number of nitro benzene ring substituents is 1. The Bertz CT molecular complexity index is 657. The fourth-order valence-electron chi connectivity index (χ4n) is 2.16. The average molecular weight is 313 g/mol. The molecule has 0 atom stereocenters. The minimum Gasteiger partial charge on any atom is -0.326 e. The zero-order valence-electron chi connectivity index (χ0n) is 12.9. The molecule has 0 bridgehead atoms. The first-order valence-electron chi connectivity index (χ1n) is 7.31. The van der Waals surface area contributed by atoms with E-state index >= 15 is 0 Å². The van der Waals surface area contributed by atoms with Crippen LogP contribution in [-0.4, -0.2) is 29.3 Å². The fraction of sp³-hybridized carbons (Fsp3) is 0.235. The number of non-ortho nitro benzene ring substituents is 1. The normalized spacial score (nSPS) is 10.5. The third kappa shape index (κ3) is 5.52. The molecular formula is C17H19N3O3. The van der Waals surface area contributed by atoms with Crippen molar-refractivity contribution in [3.8, 4) is 0 Å². The average Bonchev–Trinajstić information content (AvgIpc) is 2.54. The van der Waals surface area contributed by atoms with Gasteiger partial charge in [-0.3, -0.25) is 14.9 Å². The summed E-state index contributed by atoms with van der Waals surface area (Å²) in [6, 6.07) is 15.9. The lowest BCUT2D eigenvalue weighted by Crippen LogP contribution is -2.24. The SMILES string of the molecule is CN(CCC(=O)Nc1ccc([N+](=O)[O-])cc1)Cc1ccccc1. The number of nitrogens with zero attached hydrogens (tertiary/aromatic N) is 2. The minimum absolute atomic E-state index is 0.00518. The summed E-state index contributed by atoms with van der Waals surface area (Å²) in [7, 11) is 1.96. The summed E-state index contributed by atoms with van der Waals surface area (Å²) in [5.74, 6) is -0.112. The Morgan fingerprint density at radius 1 is 1.13 bits per heavy atom. The third-order valence-corrected chi connectivity index (χ3v) is 3.38. The Kier molecular flexibility index (Phi) is 5.82. The van der Waals surface area contributed by atoms with Crippen LogP contribution in [0.5, 0.6) is 0 Å². The molecule has 2 aromatic carbocycles. The Hall–Kier alpha value is -2.73. The first-order chi connectivity index (χ1) is 11.0. The van der Waals surface area contributed by atoms with Crippen LogP contribution in [0.3, 0.4) is 0 Å². The van der Waals surface area contributed by atoms with E-state index in [9.17, 15) is 14.9 Å². The van der Waals surface area contributed by atoms with Crippen LogP contribution in [0.2, 0.25) is 0 Å². The van der Waals surface area contributed by atoms with Crippen LogP contribution in [0.25, 0.3) is 0 Å². The molecule has 0 aromatic heterocycles. The van der Waals surface area contributed by atoms with Crippen molar-refractivity contribution < 1.29 is 9.72 Å². The predicted molar refractivity (Wildman–Crippen MR) is 89.1 cm³/mol. The van der Waals surface area contributed by atoms with Gasteiger partial charge in [0.25, 0.3) is 5.69 Å². The van der Waals surface area contributed by atoms with E-state index in [4.69, 9.17) is 0 Å². The number of carbonyl (C=O) groups excluding carboxylic acids is 1. The van der Waals surface area contributed by atoms with Crippen LogP contribution in [0.4, 0.5) is 11.4 Å². The second-order valence-corrected chi connectivity index (χ2v) is 5.33. The van der Waals surface area contributed by atoms with Crippen molar-refractivity contribution in [2.24, 2.45) is 0 Å². The van der Waals surface area contributed by atoms with Gasteiger partial charge < -0.3 is 10.2 Å². The number of nitrogens with one attached hydrogen (secondary N) is 1. The van der Waals surface area contributed by atoms with Gasteiger partial charge in [-0.2, -0.15) is 0 Å². The van der Waals surface area contributed by atoms with Crippen LogP contribution in [0.1, 0.15) is 12.0 Å². The maximum Gasteiger partial charge on any atom is 0.269 e. The summed E-state index contributed by atoms with van der Waals surface area (Å²) in [6.07, 6.45) is 0.361. The minimum atomic E-state index is -0.468. The second-order valence-electron chi connectivity index (χ2n) is 5.33. The molecule has 0 aliphatic heterocycles. The number of rotatable bonds is 7. The highest BCUT2D eigenvalue weighted by molar-refractivity contribution is 5.90. The van der Waals surface area contributed by atoms with E-state index in [1.165, 1.54) is 29.8 Å². The molecule has 6 heteroatoms. The number of nitro groups is 1. The first kappa shape index (κ1) is 16.6. The number of anilines is 1. The van der Waals surface area contributed by atoms with E-state index in [0.717, 1.165) is 6.54 Å². The number of amides is 1. The highest BCUT2D eigenvalue weighted by atomic mass is 16.6. The summed E-state index contributed by atoms with van der Waals surface area (Å²) in [4.78, 5) is 24.1. The van der Waals surface area contributed by atoms with Gasteiger partial charge in [-0.15, -0.1) is 0 Å². The number of hydrogen-bond donors (Lipinski definition) is 1. The lowest BCUT2D eigenvalue weighted by Gasteiger charge is -2.16. The van der Waals surface area contributed by atoms with E-state index in [0.29, 0.717) is 18.7 Å². The Morgan fingerprint density at radius 3 is 2.39 bits per heavy atom. The van der Waals surface area contributed by atoms with Gasteiger partial charge in [0, 0.05) is 37.3 Å². The van der Waals surface area contributed by atoms with Gasteiger partial charge in [0.05, 0.1) is 4.92 Å². The largest absolute Gasteiger partial charge is 0.326 e. The summed E-state index contributed by atoms with van der Waals surface area (Å²) >= 11 is 0. The molecule has 0 spiro atoms. The number of benzene rings is 2. The summed E-state index contributed by atoms with van der Waals surface area (Å²) in [6.45, 7) is 1.42. The molecule has 1 N–H and O–H groups in total. The predicted octanol–water partition coefficient (Wildman–Crippen LogP) is 3.06. The molecule has 0 aliphatic carbocycles. The van der Waals surface area contributed by atoms with Crippen molar-refractivity contribution in [1.82, 2.24) is 4.90 Å². The van der Waals surface area contributed by atoms with Crippen molar-refractivity contribution in [3.05, 3.63) is 70.3 Å². The maximum absolute atomic E-state index is 11.9. The summed E-state index contributed by atoms with van der Waals surface area (Å²) in [5, 5.41) is 13.3. The molecule has 2 aromatic rings. The van der Waals surface area contributed by atoms with E-state index < -0.39 is 4.92 Å². The molecule has 0 saturated carbocycles. The molecular weight excluding hydrogens is 294 g/mol. The summed E-state index contributed by atoms with van der Waals surface area (Å²) in [5.41, 5.74) is 1.77. The highest BCUT2D eigenvalue weighted by Gasteiger charge is 2.08. The van der Waals surface area contributed by atoms with Crippen molar-refractivity contribution in [2.45, 2.75) is 13.0 Å². The van der Waals surface area contributed by atoms with Crippen LogP contribution in [0, 0.1) is 10.1 Å². The van der Waals surface area contributed by atoms with Crippen LogP contribution < -0.4 is 5.32 Å². The molecule has 120 valence electrons. The smallest absolute Gasteiger partial charge is 0.269 e. The topological polar surface area (TPSA) is 75.5 Å².